The molecule has 17 heavy (non-hydrogen) atoms. The number of hydrogen-bond acceptors (Lipinski definition) is 3. The standard InChI is InChI=1S/C12H17NO3S/c1-12(2,3)17(14,15)13-9-10-5-7-11(16-4)8-6-10/h5-9H,1-4H3/b13-9+. The SMILES string of the molecule is COc1ccc(/C=N/S(=O)(=O)C(C)(C)C)cc1. The van der Waals surface area contributed by atoms with Crippen LogP contribution in [0.15, 0.2) is 28.7 Å². The van der Waals surface area contributed by atoms with Crippen LogP contribution in [-0.2, 0) is 10.0 Å². The Balaban J connectivity index is 2.91. The first kappa shape index (κ1) is 13.7. The van der Waals surface area contributed by atoms with Crippen molar-refractivity contribution in [3.8, 4) is 5.75 Å². The Kier molecular flexibility index (Phi) is 3.93. The van der Waals surface area contributed by atoms with Gasteiger partial charge >= 0.3 is 0 Å². The predicted octanol–water partition coefficient (Wildman–Crippen LogP) is 2.24. The fourth-order valence-corrected chi connectivity index (χ4v) is 1.56. The molecule has 1 aromatic rings. The van der Waals surface area contributed by atoms with E-state index in [1.54, 1.807) is 52.1 Å². The molecule has 0 amide bonds. The highest BCUT2D eigenvalue weighted by Crippen LogP contribution is 2.17. The summed E-state index contributed by atoms with van der Waals surface area (Å²) in [6.45, 7) is 4.86. The second-order valence-corrected chi connectivity index (χ2v) is 6.98. The molecule has 0 fully saturated rings. The zero-order chi connectivity index (χ0) is 13.1. The van der Waals surface area contributed by atoms with Crippen molar-refractivity contribution in [1.29, 1.82) is 0 Å². The first-order chi connectivity index (χ1) is 7.76. The third-order valence-electron chi connectivity index (χ3n) is 2.23. The molecular formula is C12H17NO3S. The molecule has 1 aromatic carbocycles. The summed E-state index contributed by atoms with van der Waals surface area (Å²) in [4.78, 5) is 0. The van der Waals surface area contributed by atoms with E-state index in [0.29, 0.717) is 0 Å². The van der Waals surface area contributed by atoms with Crippen LogP contribution in [0.2, 0.25) is 0 Å². The van der Waals surface area contributed by atoms with E-state index in [2.05, 4.69) is 4.40 Å². The number of hydrogen-bond donors (Lipinski definition) is 0. The molecule has 0 radical (unpaired) electrons. The smallest absolute Gasteiger partial charge is 0.258 e. The average Bonchev–Trinajstić information content (AvgIpc) is 2.25. The van der Waals surface area contributed by atoms with Crippen LogP contribution in [0, 0.1) is 0 Å². The topological polar surface area (TPSA) is 55.7 Å². The third kappa shape index (κ3) is 3.56. The lowest BCUT2D eigenvalue weighted by Crippen LogP contribution is -2.25. The second kappa shape index (κ2) is 4.87. The lowest BCUT2D eigenvalue weighted by Gasteiger charge is -2.14. The van der Waals surface area contributed by atoms with Crippen LogP contribution in [0.5, 0.6) is 5.75 Å². The Morgan fingerprint density at radius 3 is 2.12 bits per heavy atom. The number of rotatable bonds is 3. The van der Waals surface area contributed by atoms with E-state index < -0.39 is 14.8 Å². The molecule has 0 aliphatic heterocycles. The Morgan fingerprint density at radius 1 is 1.18 bits per heavy atom. The summed E-state index contributed by atoms with van der Waals surface area (Å²) in [7, 11) is -1.90. The minimum absolute atomic E-state index is 0.721. The molecule has 0 unspecified atom stereocenters. The van der Waals surface area contributed by atoms with Crippen LogP contribution in [0.1, 0.15) is 26.3 Å². The van der Waals surface area contributed by atoms with Crippen LogP contribution in [0.4, 0.5) is 0 Å². The van der Waals surface area contributed by atoms with Gasteiger partial charge in [-0.2, -0.15) is 4.40 Å². The number of ether oxygens (including phenoxy) is 1. The van der Waals surface area contributed by atoms with Crippen molar-refractivity contribution in [2.24, 2.45) is 4.40 Å². The van der Waals surface area contributed by atoms with Crippen molar-refractivity contribution >= 4 is 16.2 Å². The molecule has 0 aromatic heterocycles. The highest BCUT2D eigenvalue weighted by Gasteiger charge is 2.27. The molecule has 4 nitrogen and oxygen atoms in total. The minimum Gasteiger partial charge on any atom is -0.497 e. The van der Waals surface area contributed by atoms with Gasteiger partial charge < -0.3 is 4.74 Å². The van der Waals surface area contributed by atoms with Gasteiger partial charge in [-0.3, -0.25) is 0 Å². The van der Waals surface area contributed by atoms with Gasteiger partial charge in [0.2, 0.25) is 0 Å². The molecule has 0 saturated carbocycles. The second-order valence-electron chi connectivity index (χ2n) is 4.60. The average molecular weight is 255 g/mol. The number of benzene rings is 1. The van der Waals surface area contributed by atoms with Crippen LogP contribution in [0.25, 0.3) is 0 Å². The van der Waals surface area contributed by atoms with Gasteiger partial charge in [0, 0.05) is 6.21 Å². The summed E-state index contributed by atoms with van der Waals surface area (Å²) in [6.07, 6.45) is 1.35. The molecule has 0 aliphatic carbocycles. The highest BCUT2D eigenvalue weighted by molar-refractivity contribution is 7.91. The summed E-state index contributed by atoms with van der Waals surface area (Å²) >= 11 is 0. The van der Waals surface area contributed by atoms with E-state index in [-0.39, 0.29) is 0 Å². The first-order valence-electron chi connectivity index (χ1n) is 5.20. The lowest BCUT2D eigenvalue weighted by atomic mass is 10.2. The summed E-state index contributed by atoms with van der Waals surface area (Å²) < 4.78 is 31.2. The van der Waals surface area contributed by atoms with Gasteiger partial charge in [-0.15, -0.1) is 0 Å². The monoisotopic (exact) mass is 255 g/mol. The van der Waals surface area contributed by atoms with Gasteiger partial charge in [-0.25, -0.2) is 8.42 Å². The number of nitrogens with zero attached hydrogens (tertiary/aromatic N) is 1. The quantitative estimate of drug-likeness (QED) is 0.778. The molecule has 0 spiro atoms. The van der Waals surface area contributed by atoms with Crippen molar-refractivity contribution in [3.05, 3.63) is 29.8 Å². The molecule has 0 atom stereocenters. The molecule has 0 heterocycles. The molecule has 0 bridgehead atoms. The Labute approximate surface area is 102 Å². The van der Waals surface area contributed by atoms with E-state index in [1.165, 1.54) is 6.21 Å². The zero-order valence-corrected chi connectivity index (χ0v) is 11.3. The Bertz CT molecular complexity index is 496. The fourth-order valence-electron chi connectivity index (χ4n) is 0.978. The van der Waals surface area contributed by atoms with Gasteiger partial charge in [0.15, 0.2) is 0 Å². The van der Waals surface area contributed by atoms with Gasteiger partial charge in [0.25, 0.3) is 10.0 Å². The fraction of sp³-hybridized carbons (Fsp3) is 0.417. The van der Waals surface area contributed by atoms with Crippen molar-refractivity contribution in [2.45, 2.75) is 25.5 Å². The van der Waals surface area contributed by atoms with Gasteiger partial charge in [0.1, 0.15) is 5.75 Å². The van der Waals surface area contributed by atoms with Crippen LogP contribution in [-0.4, -0.2) is 26.5 Å². The summed E-state index contributed by atoms with van der Waals surface area (Å²) in [5.74, 6) is 0.723. The molecule has 1 rings (SSSR count). The molecule has 0 aliphatic rings. The largest absolute Gasteiger partial charge is 0.497 e. The van der Waals surface area contributed by atoms with E-state index in [9.17, 15) is 8.42 Å². The van der Waals surface area contributed by atoms with Crippen LogP contribution >= 0.6 is 0 Å². The molecule has 0 N–H and O–H groups in total. The zero-order valence-electron chi connectivity index (χ0n) is 10.5. The Hall–Kier alpha value is -1.36. The first-order valence-corrected chi connectivity index (χ1v) is 6.64. The number of sulfonamides is 1. The van der Waals surface area contributed by atoms with Gasteiger partial charge in [-0.05, 0) is 50.6 Å². The Morgan fingerprint density at radius 2 is 1.71 bits per heavy atom. The summed E-state index contributed by atoms with van der Waals surface area (Å²) in [6, 6.07) is 7.01. The van der Waals surface area contributed by atoms with Crippen molar-refractivity contribution in [2.75, 3.05) is 7.11 Å². The summed E-state index contributed by atoms with van der Waals surface area (Å²) in [5.41, 5.74) is 0.721. The number of methoxy groups -OCH3 is 1. The predicted molar refractivity (Wildman–Crippen MR) is 69.3 cm³/mol. The van der Waals surface area contributed by atoms with Crippen LogP contribution < -0.4 is 4.74 Å². The van der Waals surface area contributed by atoms with Crippen LogP contribution in [0.3, 0.4) is 0 Å². The van der Waals surface area contributed by atoms with Gasteiger partial charge in [-0.1, -0.05) is 0 Å². The van der Waals surface area contributed by atoms with E-state index >= 15 is 0 Å². The van der Waals surface area contributed by atoms with E-state index in [4.69, 9.17) is 4.74 Å². The summed E-state index contributed by atoms with van der Waals surface area (Å²) in [5, 5.41) is 0. The minimum atomic E-state index is -3.47. The molecule has 94 valence electrons. The third-order valence-corrected chi connectivity index (χ3v) is 4.16. The maximum absolute atomic E-state index is 11.7. The highest BCUT2D eigenvalue weighted by atomic mass is 32.2. The molecule has 5 heteroatoms. The van der Waals surface area contributed by atoms with Gasteiger partial charge in [0.05, 0.1) is 11.9 Å². The van der Waals surface area contributed by atoms with Crippen molar-refractivity contribution in [1.82, 2.24) is 0 Å². The molecular weight excluding hydrogens is 238 g/mol. The van der Waals surface area contributed by atoms with E-state index in [1.807, 2.05) is 0 Å². The maximum Gasteiger partial charge on any atom is 0.258 e. The maximum atomic E-state index is 11.7. The van der Waals surface area contributed by atoms with Crippen molar-refractivity contribution < 1.29 is 13.2 Å². The normalized spacial score (nSPS) is 12.9. The molecule has 0 saturated heterocycles. The van der Waals surface area contributed by atoms with Crippen molar-refractivity contribution in [3.63, 3.8) is 0 Å². The lowest BCUT2D eigenvalue weighted by molar-refractivity contribution is 0.415. The van der Waals surface area contributed by atoms with E-state index in [0.717, 1.165) is 11.3 Å².